The van der Waals surface area contributed by atoms with E-state index in [1.54, 1.807) is 21.9 Å². The molecule has 210 valence electrons. The number of hydrogen-bond donors (Lipinski definition) is 0. The molecule has 0 unspecified atom stereocenters. The van der Waals surface area contributed by atoms with Gasteiger partial charge in [0, 0.05) is 59.8 Å². The van der Waals surface area contributed by atoms with Crippen LogP contribution in [0.3, 0.4) is 0 Å². The van der Waals surface area contributed by atoms with Crippen LogP contribution >= 0.6 is 0 Å². The van der Waals surface area contributed by atoms with Crippen molar-refractivity contribution in [1.29, 1.82) is 0 Å². The fourth-order valence-electron chi connectivity index (χ4n) is 5.79. The molecule has 6 rings (SSSR count). The SMILES string of the molecule is O=C(c1cncc(C(F)(F)F)c1)N1CCC2(CC1)CN(C(=O)c1ccc(C#Cc3ccccc3)cc1)c1ccccc12. The summed E-state index contributed by atoms with van der Waals surface area (Å²) in [7, 11) is 0. The number of carbonyl (C=O) groups excluding carboxylic acids is 2. The normalized spacial score (nSPS) is 15.6. The predicted molar refractivity (Wildman–Crippen MR) is 153 cm³/mol. The van der Waals surface area contributed by atoms with Gasteiger partial charge in [-0.3, -0.25) is 14.6 Å². The molecule has 0 N–H and O–H groups in total. The van der Waals surface area contributed by atoms with Crippen molar-refractivity contribution in [3.05, 3.63) is 131 Å². The minimum absolute atomic E-state index is 0.0821. The lowest BCUT2D eigenvalue weighted by molar-refractivity contribution is -0.137. The van der Waals surface area contributed by atoms with Crippen LogP contribution in [0.15, 0.2) is 97.3 Å². The number of rotatable bonds is 2. The van der Waals surface area contributed by atoms with E-state index < -0.39 is 17.6 Å². The number of hydrogen-bond acceptors (Lipinski definition) is 3. The van der Waals surface area contributed by atoms with Crippen LogP contribution in [0.1, 0.15) is 55.8 Å². The summed E-state index contributed by atoms with van der Waals surface area (Å²) in [5.74, 6) is 5.66. The number of anilines is 1. The van der Waals surface area contributed by atoms with Crippen molar-refractivity contribution in [2.24, 2.45) is 0 Å². The van der Waals surface area contributed by atoms with Crippen LogP contribution in [0.2, 0.25) is 0 Å². The zero-order valence-electron chi connectivity index (χ0n) is 22.6. The fraction of sp³-hybridized carbons (Fsp3) is 0.206. The van der Waals surface area contributed by atoms with Gasteiger partial charge >= 0.3 is 6.18 Å². The topological polar surface area (TPSA) is 53.5 Å². The highest BCUT2D eigenvalue weighted by atomic mass is 19.4. The number of carbonyl (C=O) groups is 2. The number of fused-ring (bicyclic) bond motifs is 2. The van der Waals surface area contributed by atoms with E-state index in [0.717, 1.165) is 28.4 Å². The molecule has 2 aliphatic rings. The van der Waals surface area contributed by atoms with Crippen molar-refractivity contribution in [3.8, 4) is 11.8 Å². The van der Waals surface area contributed by atoms with Gasteiger partial charge in [-0.25, -0.2) is 0 Å². The molecule has 42 heavy (non-hydrogen) atoms. The maximum atomic E-state index is 13.7. The first-order valence-corrected chi connectivity index (χ1v) is 13.6. The standard InChI is InChI=1S/C34H26F3N3O2/c35-34(36,37)28-20-27(21-38-22-28)31(41)39-18-16-33(17-19-39)23-40(30-9-5-4-8-29(30)33)32(42)26-14-12-25(13-15-26)11-10-24-6-2-1-3-7-24/h1-9,12-15,20-22H,16-19,23H2. The lowest BCUT2D eigenvalue weighted by atomic mass is 9.74. The summed E-state index contributed by atoms with van der Waals surface area (Å²) < 4.78 is 39.5. The van der Waals surface area contributed by atoms with Crippen LogP contribution in [0.5, 0.6) is 0 Å². The van der Waals surface area contributed by atoms with E-state index in [4.69, 9.17) is 0 Å². The van der Waals surface area contributed by atoms with Crippen LogP contribution in [0, 0.1) is 11.8 Å². The molecule has 0 radical (unpaired) electrons. The van der Waals surface area contributed by atoms with Crippen molar-refractivity contribution < 1.29 is 22.8 Å². The van der Waals surface area contributed by atoms with Crippen LogP contribution in [-0.2, 0) is 11.6 Å². The molecule has 0 bridgehead atoms. The predicted octanol–water partition coefficient (Wildman–Crippen LogP) is 6.33. The number of nitrogens with zero attached hydrogens (tertiary/aromatic N) is 3. The van der Waals surface area contributed by atoms with Gasteiger partial charge in [-0.15, -0.1) is 0 Å². The van der Waals surface area contributed by atoms with Gasteiger partial charge in [0.2, 0.25) is 0 Å². The van der Waals surface area contributed by atoms with E-state index in [0.29, 0.717) is 44.2 Å². The molecule has 2 amide bonds. The number of para-hydroxylation sites is 1. The van der Waals surface area contributed by atoms with E-state index in [1.807, 2.05) is 66.7 Å². The molecule has 4 aromatic rings. The average molecular weight is 566 g/mol. The third kappa shape index (κ3) is 5.26. The lowest BCUT2D eigenvalue weighted by Crippen LogP contribution is -2.47. The summed E-state index contributed by atoms with van der Waals surface area (Å²) >= 11 is 0. The van der Waals surface area contributed by atoms with Gasteiger partial charge in [0.25, 0.3) is 11.8 Å². The van der Waals surface area contributed by atoms with E-state index in [2.05, 4.69) is 16.8 Å². The summed E-state index contributed by atoms with van der Waals surface area (Å²) in [5.41, 5.74) is 2.79. The van der Waals surface area contributed by atoms with E-state index in [-0.39, 0.29) is 16.9 Å². The second-order valence-corrected chi connectivity index (χ2v) is 10.6. The highest BCUT2D eigenvalue weighted by Gasteiger charge is 2.47. The Morgan fingerprint density at radius 2 is 1.40 bits per heavy atom. The Kier molecular flexibility index (Phi) is 7.03. The average Bonchev–Trinajstić information content (AvgIpc) is 3.34. The van der Waals surface area contributed by atoms with Gasteiger partial charge in [-0.2, -0.15) is 13.2 Å². The number of piperidine rings is 1. The second kappa shape index (κ2) is 10.8. The Bertz CT molecular complexity index is 1700. The van der Waals surface area contributed by atoms with Crippen molar-refractivity contribution >= 4 is 17.5 Å². The molecule has 1 fully saturated rings. The smallest absolute Gasteiger partial charge is 0.339 e. The summed E-state index contributed by atoms with van der Waals surface area (Å²) in [6.07, 6.45) is -1.52. The molecular weight excluding hydrogens is 539 g/mol. The molecule has 8 heteroatoms. The fourth-order valence-corrected chi connectivity index (χ4v) is 5.79. The van der Waals surface area contributed by atoms with E-state index in [1.165, 1.54) is 6.20 Å². The number of pyridine rings is 1. The summed E-state index contributed by atoms with van der Waals surface area (Å²) in [6.45, 7) is 1.19. The highest BCUT2D eigenvalue weighted by molar-refractivity contribution is 6.08. The Balaban J connectivity index is 1.18. The van der Waals surface area contributed by atoms with E-state index >= 15 is 0 Å². The molecule has 1 spiro atoms. The Hall–Kier alpha value is -4.90. The molecule has 1 saturated heterocycles. The number of amides is 2. The molecule has 2 aliphatic heterocycles. The van der Waals surface area contributed by atoms with Gasteiger partial charge in [0.15, 0.2) is 0 Å². The summed E-state index contributed by atoms with van der Waals surface area (Å²) in [5, 5.41) is 0. The molecule has 0 saturated carbocycles. The largest absolute Gasteiger partial charge is 0.417 e. The van der Waals surface area contributed by atoms with Crippen molar-refractivity contribution in [2.75, 3.05) is 24.5 Å². The van der Waals surface area contributed by atoms with Gasteiger partial charge in [-0.05, 0) is 66.9 Å². The first kappa shape index (κ1) is 27.3. The first-order valence-electron chi connectivity index (χ1n) is 13.6. The van der Waals surface area contributed by atoms with Crippen molar-refractivity contribution in [1.82, 2.24) is 9.88 Å². The number of aromatic nitrogens is 1. The molecule has 0 aliphatic carbocycles. The summed E-state index contributed by atoms with van der Waals surface area (Å²) in [6, 6.07) is 25.6. The number of alkyl halides is 3. The van der Waals surface area contributed by atoms with Gasteiger partial charge in [0.1, 0.15) is 0 Å². The molecule has 0 atom stereocenters. The number of benzene rings is 3. The van der Waals surface area contributed by atoms with Crippen LogP contribution < -0.4 is 4.90 Å². The Morgan fingerprint density at radius 3 is 2.10 bits per heavy atom. The zero-order valence-corrected chi connectivity index (χ0v) is 22.6. The van der Waals surface area contributed by atoms with Gasteiger partial charge < -0.3 is 9.80 Å². The lowest BCUT2D eigenvalue weighted by Gasteiger charge is -2.40. The van der Waals surface area contributed by atoms with Crippen molar-refractivity contribution in [3.63, 3.8) is 0 Å². The molecule has 5 nitrogen and oxygen atoms in total. The molecule has 3 heterocycles. The molecular formula is C34H26F3N3O2. The van der Waals surface area contributed by atoms with E-state index in [9.17, 15) is 22.8 Å². The highest BCUT2D eigenvalue weighted by Crippen LogP contribution is 2.47. The number of halogens is 3. The monoisotopic (exact) mass is 565 g/mol. The maximum absolute atomic E-state index is 13.7. The summed E-state index contributed by atoms with van der Waals surface area (Å²) in [4.78, 5) is 33.8. The molecule has 3 aromatic carbocycles. The van der Waals surface area contributed by atoms with Crippen LogP contribution in [-0.4, -0.2) is 41.3 Å². The number of likely N-dealkylation sites (tertiary alicyclic amines) is 1. The maximum Gasteiger partial charge on any atom is 0.417 e. The van der Waals surface area contributed by atoms with Gasteiger partial charge in [0.05, 0.1) is 11.1 Å². The van der Waals surface area contributed by atoms with Gasteiger partial charge in [-0.1, -0.05) is 48.2 Å². The minimum atomic E-state index is -4.57. The van der Waals surface area contributed by atoms with Crippen molar-refractivity contribution in [2.45, 2.75) is 24.4 Å². The zero-order chi connectivity index (χ0) is 29.3. The third-order valence-electron chi connectivity index (χ3n) is 8.05. The Morgan fingerprint density at radius 1 is 0.762 bits per heavy atom. The Labute approximate surface area is 241 Å². The first-order chi connectivity index (χ1) is 20.2. The minimum Gasteiger partial charge on any atom is -0.339 e. The van der Waals surface area contributed by atoms with Crippen LogP contribution in [0.25, 0.3) is 0 Å². The quantitative estimate of drug-likeness (QED) is 0.267. The molecule has 1 aromatic heterocycles. The second-order valence-electron chi connectivity index (χ2n) is 10.6. The third-order valence-corrected chi connectivity index (χ3v) is 8.05. The van der Waals surface area contributed by atoms with Crippen LogP contribution in [0.4, 0.5) is 18.9 Å².